The van der Waals surface area contributed by atoms with Crippen molar-refractivity contribution in [3.05, 3.63) is 12.2 Å². The third kappa shape index (κ3) is 4.55. The second-order valence-electron chi connectivity index (χ2n) is 3.34. The van der Waals surface area contributed by atoms with Crippen LogP contribution in [0.1, 0.15) is 40.5 Å². The van der Waals surface area contributed by atoms with Gasteiger partial charge in [0, 0.05) is 12.6 Å². The lowest BCUT2D eigenvalue weighted by molar-refractivity contribution is 0.364. The fourth-order valence-corrected chi connectivity index (χ4v) is 1.53. The maximum atomic E-state index is 3.50. The van der Waals surface area contributed by atoms with Crippen molar-refractivity contribution in [3.63, 3.8) is 0 Å². The second kappa shape index (κ2) is 7.35. The molecule has 0 aliphatic carbocycles. The molecule has 1 atom stereocenters. The van der Waals surface area contributed by atoms with Gasteiger partial charge in [0.1, 0.15) is 0 Å². The molecule has 0 bridgehead atoms. The fraction of sp³-hybridized carbons (Fsp3) is 0.818. The predicted molar refractivity (Wildman–Crippen MR) is 56.4 cm³/mol. The van der Waals surface area contributed by atoms with Gasteiger partial charge >= 0.3 is 0 Å². The molecule has 0 fully saturated rings. The highest BCUT2D eigenvalue weighted by atomic mass is 14.9. The van der Waals surface area contributed by atoms with Crippen LogP contribution in [0.25, 0.3) is 0 Å². The van der Waals surface area contributed by atoms with Crippen molar-refractivity contribution < 1.29 is 0 Å². The van der Waals surface area contributed by atoms with E-state index in [0.29, 0.717) is 6.04 Å². The summed E-state index contributed by atoms with van der Waals surface area (Å²) in [6.45, 7) is 9.88. The Labute approximate surface area is 77.2 Å². The quantitative estimate of drug-likeness (QED) is 0.603. The van der Waals surface area contributed by atoms with Crippen LogP contribution in [-0.4, -0.2) is 12.6 Å². The van der Waals surface area contributed by atoms with Gasteiger partial charge in [-0.3, -0.25) is 0 Å². The Morgan fingerprint density at radius 3 is 2.25 bits per heavy atom. The largest absolute Gasteiger partial charge is 0.311 e. The summed E-state index contributed by atoms with van der Waals surface area (Å²) in [5.74, 6) is 0.829. The Morgan fingerprint density at radius 2 is 1.83 bits per heavy atom. The van der Waals surface area contributed by atoms with Gasteiger partial charge < -0.3 is 5.32 Å². The molecule has 0 aromatic rings. The van der Waals surface area contributed by atoms with Crippen molar-refractivity contribution in [1.82, 2.24) is 5.32 Å². The zero-order chi connectivity index (χ0) is 9.40. The Balaban J connectivity index is 3.60. The van der Waals surface area contributed by atoms with Crippen LogP contribution in [-0.2, 0) is 0 Å². The average molecular weight is 169 g/mol. The molecule has 0 saturated carbocycles. The highest BCUT2D eigenvalue weighted by Crippen LogP contribution is 2.11. The lowest BCUT2D eigenvalue weighted by Gasteiger charge is -2.21. The standard InChI is InChI=1S/C11H23N/c1-5-8-9-12-10(4)11(6-2)7-3/h5,8,10-12H,6-7,9H2,1-4H3/b8-5+. The summed E-state index contributed by atoms with van der Waals surface area (Å²) >= 11 is 0. The van der Waals surface area contributed by atoms with Crippen LogP contribution in [0.2, 0.25) is 0 Å². The maximum absolute atomic E-state index is 3.50. The van der Waals surface area contributed by atoms with Crippen LogP contribution < -0.4 is 5.32 Å². The van der Waals surface area contributed by atoms with Crippen molar-refractivity contribution in [2.45, 2.75) is 46.6 Å². The van der Waals surface area contributed by atoms with E-state index >= 15 is 0 Å². The molecular formula is C11H23N. The normalized spacial score (nSPS) is 14.4. The predicted octanol–water partition coefficient (Wildman–Crippen LogP) is 2.98. The molecule has 1 heteroatoms. The van der Waals surface area contributed by atoms with Crippen LogP contribution in [0.4, 0.5) is 0 Å². The van der Waals surface area contributed by atoms with Gasteiger partial charge in [-0.2, -0.15) is 0 Å². The molecule has 0 saturated heterocycles. The molecule has 1 unspecified atom stereocenters. The molecule has 72 valence electrons. The summed E-state index contributed by atoms with van der Waals surface area (Å²) in [6.07, 6.45) is 6.81. The lowest BCUT2D eigenvalue weighted by atomic mass is 9.95. The van der Waals surface area contributed by atoms with Crippen molar-refractivity contribution in [2.24, 2.45) is 5.92 Å². The number of rotatable bonds is 6. The molecule has 0 aromatic carbocycles. The minimum Gasteiger partial charge on any atom is -0.311 e. The first-order chi connectivity index (χ1) is 5.76. The van der Waals surface area contributed by atoms with Crippen molar-refractivity contribution in [2.75, 3.05) is 6.54 Å². The van der Waals surface area contributed by atoms with E-state index in [9.17, 15) is 0 Å². The SMILES string of the molecule is C/C=C/CNC(C)C(CC)CC. The zero-order valence-corrected chi connectivity index (χ0v) is 8.93. The Kier molecular flexibility index (Phi) is 7.17. The van der Waals surface area contributed by atoms with E-state index in [0.717, 1.165) is 12.5 Å². The highest BCUT2D eigenvalue weighted by Gasteiger charge is 2.10. The number of hydrogen-bond acceptors (Lipinski definition) is 1. The summed E-state index contributed by atoms with van der Waals surface area (Å²) in [4.78, 5) is 0. The Bertz CT molecular complexity index is 114. The van der Waals surface area contributed by atoms with Crippen LogP contribution in [0, 0.1) is 5.92 Å². The molecule has 0 spiro atoms. The minimum atomic E-state index is 0.649. The molecule has 0 heterocycles. The molecule has 0 amide bonds. The van der Waals surface area contributed by atoms with Gasteiger partial charge in [0.25, 0.3) is 0 Å². The van der Waals surface area contributed by atoms with Crippen molar-refractivity contribution in [1.29, 1.82) is 0 Å². The molecule has 0 rings (SSSR count). The molecule has 0 aromatic heterocycles. The van der Waals surface area contributed by atoms with Gasteiger partial charge in [0.2, 0.25) is 0 Å². The van der Waals surface area contributed by atoms with Gasteiger partial charge in [-0.15, -0.1) is 0 Å². The van der Waals surface area contributed by atoms with E-state index < -0.39 is 0 Å². The summed E-state index contributed by atoms with van der Waals surface area (Å²) < 4.78 is 0. The zero-order valence-electron chi connectivity index (χ0n) is 8.93. The number of hydrogen-bond donors (Lipinski definition) is 1. The first-order valence-electron chi connectivity index (χ1n) is 5.10. The minimum absolute atomic E-state index is 0.649. The molecule has 1 nitrogen and oxygen atoms in total. The van der Waals surface area contributed by atoms with Crippen LogP contribution in [0.15, 0.2) is 12.2 Å². The van der Waals surface area contributed by atoms with E-state index in [1.54, 1.807) is 0 Å². The van der Waals surface area contributed by atoms with Crippen molar-refractivity contribution in [3.8, 4) is 0 Å². The van der Waals surface area contributed by atoms with Gasteiger partial charge in [-0.25, -0.2) is 0 Å². The number of allylic oxidation sites excluding steroid dienone is 1. The summed E-state index contributed by atoms with van der Waals surface area (Å²) in [5.41, 5.74) is 0. The van der Waals surface area contributed by atoms with E-state index in [1.807, 2.05) is 0 Å². The van der Waals surface area contributed by atoms with Gasteiger partial charge in [0.05, 0.1) is 0 Å². The van der Waals surface area contributed by atoms with E-state index in [2.05, 4.69) is 45.2 Å². The summed E-state index contributed by atoms with van der Waals surface area (Å²) in [6, 6.07) is 0.649. The lowest BCUT2D eigenvalue weighted by Crippen LogP contribution is -2.33. The van der Waals surface area contributed by atoms with E-state index in [-0.39, 0.29) is 0 Å². The molecule has 0 aliphatic rings. The first kappa shape index (κ1) is 11.7. The van der Waals surface area contributed by atoms with E-state index in [1.165, 1.54) is 12.8 Å². The Morgan fingerprint density at radius 1 is 1.25 bits per heavy atom. The summed E-state index contributed by atoms with van der Waals surface area (Å²) in [5, 5.41) is 3.50. The summed E-state index contributed by atoms with van der Waals surface area (Å²) in [7, 11) is 0. The highest BCUT2D eigenvalue weighted by molar-refractivity contribution is 4.82. The van der Waals surface area contributed by atoms with Gasteiger partial charge in [-0.1, -0.05) is 38.8 Å². The van der Waals surface area contributed by atoms with Gasteiger partial charge in [-0.05, 0) is 19.8 Å². The fourth-order valence-electron chi connectivity index (χ4n) is 1.53. The second-order valence-corrected chi connectivity index (χ2v) is 3.34. The first-order valence-corrected chi connectivity index (χ1v) is 5.10. The Hall–Kier alpha value is -0.300. The molecule has 1 N–H and O–H groups in total. The molecule has 0 radical (unpaired) electrons. The smallest absolute Gasteiger partial charge is 0.0137 e. The van der Waals surface area contributed by atoms with Crippen LogP contribution in [0.3, 0.4) is 0 Å². The van der Waals surface area contributed by atoms with Crippen LogP contribution in [0.5, 0.6) is 0 Å². The average Bonchev–Trinajstić information content (AvgIpc) is 2.07. The molecule has 0 aliphatic heterocycles. The molecule has 12 heavy (non-hydrogen) atoms. The third-order valence-electron chi connectivity index (χ3n) is 2.55. The monoisotopic (exact) mass is 169 g/mol. The number of nitrogens with one attached hydrogen (secondary N) is 1. The van der Waals surface area contributed by atoms with Crippen LogP contribution >= 0.6 is 0 Å². The van der Waals surface area contributed by atoms with Crippen molar-refractivity contribution >= 4 is 0 Å². The maximum Gasteiger partial charge on any atom is 0.0137 e. The van der Waals surface area contributed by atoms with Gasteiger partial charge in [0.15, 0.2) is 0 Å². The van der Waals surface area contributed by atoms with E-state index in [4.69, 9.17) is 0 Å². The molecular weight excluding hydrogens is 146 g/mol. The third-order valence-corrected chi connectivity index (χ3v) is 2.55. The topological polar surface area (TPSA) is 12.0 Å².